The number of thiazole rings is 1. The third-order valence-electron chi connectivity index (χ3n) is 3.76. The average Bonchev–Trinajstić information content (AvgIpc) is 3.04. The first-order valence-electron chi connectivity index (χ1n) is 8.08. The Hall–Kier alpha value is -2.87. The molecule has 0 unspecified atom stereocenters. The van der Waals surface area contributed by atoms with Crippen LogP contribution in [-0.2, 0) is 14.9 Å². The van der Waals surface area contributed by atoms with E-state index >= 15 is 0 Å². The van der Waals surface area contributed by atoms with E-state index in [2.05, 4.69) is 9.17 Å². The van der Waals surface area contributed by atoms with Crippen LogP contribution in [0.1, 0.15) is 5.56 Å². The van der Waals surface area contributed by atoms with Gasteiger partial charge in [-0.15, -0.1) is 11.3 Å². The predicted molar refractivity (Wildman–Crippen MR) is 100 cm³/mol. The molecule has 0 aliphatic heterocycles. The van der Waals surface area contributed by atoms with Crippen molar-refractivity contribution in [1.82, 2.24) is 4.98 Å². The number of halogens is 6. The summed E-state index contributed by atoms with van der Waals surface area (Å²) in [5.74, 6) is -3.67. The van der Waals surface area contributed by atoms with Crippen molar-refractivity contribution in [2.45, 2.75) is 18.6 Å². The van der Waals surface area contributed by atoms with Crippen LogP contribution >= 0.6 is 11.3 Å². The number of hydrogen-bond acceptors (Lipinski definition) is 6. The maximum atomic E-state index is 12.7. The zero-order valence-electron chi connectivity index (χ0n) is 15.1. The van der Waals surface area contributed by atoms with Gasteiger partial charge in [-0.05, 0) is 42.8 Å². The Labute approximate surface area is 174 Å². The first kappa shape index (κ1) is 22.8. The van der Waals surface area contributed by atoms with Crippen molar-refractivity contribution < 1.29 is 43.7 Å². The molecule has 0 saturated carbocycles. The summed E-state index contributed by atoms with van der Waals surface area (Å²) in [4.78, 5) is 15.4. The number of aromatic nitrogens is 1. The Kier molecular flexibility index (Phi) is 5.65. The van der Waals surface area contributed by atoms with Crippen LogP contribution < -0.4 is 9.50 Å². The van der Waals surface area contributed by atoms with Gasteiger partial charge in [-0.2, -0.15) is 34.8 Å². The maximum absolute atomic E-state index is 12.7. The molecule has 1 heterocycles. The number of carbonyl (C=O) groups is 1. The average molecular weight is 484 g/mol. The summed E-state index contributed by atoms with van der Waals surface area (Å²) in [7, 11) is -6.22. The first-order valence-corrected chi connectivity index (χ1v) is 10.3. The molecule has 31 heavy (non-hydrogen) atoms. The lowest BCUT2D eigenvalue weighted by Gasteiger charge is -2.15. The van der Waals surface area contributed by atoms with E-state index in [0.29, 0.717) is 5.52 Å². The minimum Gasteiger partial charge on any atom is -0.374 e. The lowest BCUT2D eigenvalue weighted by atomic mass is 10.2. The zero-order valence-corrected chi connectivity index (χ0v) is 16.8. The van der Waals surface area contributed by atoms with Crippen LogP contribution in [0.2, 0.25) is 0 Å². The molecule has 14 heteroatoms. The van der Waals surface area contributed by atoms with E-state index in [1.807, 2.05) is 6.92 Å². The Morgan fingerprint density at radius 2 is 1.74 bits per heavy atom. The molecule has 0 radical (unpaired) electrons. The standard InChI is InChI=1S/C17H10F6N2O4S2/c1-8-2-4-11-13(6-8)30-14(24-11)9-3-5-10(25-15(26)16(18,19)20)12(7-9)29-31(27,28)17(21,22)23/h2-7H,1H3,(H,25,26). The number of fused-ring (bicyclic) bond motifs is 1. The molecule has 0 spiro atoms. The fraction of sp³-hybridized carbons (Fsp3) is 0.176. The monoisotopic (exact) mass is 484 g/mol. The van der Waals surface area contributed by atoms with Crippen molar-refractivity contribution in [2.24, 2.45) is 0 Å². The summed E-state index contributed by atoms with van der Waals surface area (Å²) in [6.07, 6.45) is -5.37. The van der Waals surface area contributed by atoms with Crippen molar-refractivity contribution >= 4 is 43.3 Å². The predicted octanol–water partition coefficient (Wildman–Crippen LogP) is 5.00. The molecule has 1 amide bonds. The van der Waals surface area contributed by atoms with Crippen molar-refractivity contribution in [3.63, 3.8) is 0 Å². The fourth-order valence-electron chi connectivity index (χ4n) is 2.34. The molecule has 0 fully saturated rings. The molecule has 1 aromatic heterocycles. The minimum atomic E-state index is -6.22. The zero-order chi connectivity index (χ0) is 23.2. The lowest BCUT2D eigenvalue weighted by molar-refractivity contribution is -0.167. The topological polar surface area (TPSA) is 85.4 Å². The van der Waals surface area contributed by atoms with Gasteiger partial charge in [0, 0.05) is 5.56 Å². The summed E-state index contributed by atoms with van der Waals surface area (Å²) in [5, 5.41) is 1.54. The second-order valence-electron chi connectivity index (χ2n) is 6.14. The lowest BCUT2D eigenvalue weighted by Crippen LogP contribution is -2.31. The van der Waals surface area contributed by atoms with Gasteiger partial charge < -0.3 is 9.50 Å². The number of aryl methyl sites for hydroxylation is 1. The van der Waals surface area contributed by atoms with E-state index in [0.717, 1.165) is 39.8 Å². The highest BCUT2D eigenvalue weighted by molar-refractivity contribution is 7.88. The van der Waals surface area contributed by atoms with Gasteiger partial charge in [-0.3, -0.25) is 4.79 Å². The maximum Gasteiger partial charge on any atom is 0.534 e. The van der Waals surface area contributed by atoms with E-state index in [-0.39, 0.29) is 10.6 Å². The quantitative estimate of drug-likeness (QED) is 0.320. The van der Waals surface area contributed by atoms with E-state index in [4.69, 9.17) is 0 Å². The normalized spacial score (nSPS) is 12.7. The van der Waals surface area contributed by atoms with Crippen LogP contribution in [0.3, 0.4) is 0 Å². The van der Waals surface area contributed by atoms with Crippen LogP contribution in [-0.4, -0.2) is 31.0 Å². The van der Waals surface area contributed by atoms with E-state index < -0.39 is 39.1 Å². The third-order valence-corrected chi connectivity index (χ3v) is 5.79. The number of carbonyl (C=O) groups excluding carboxylic acids is 1. The summed E-state index contributed by atoms with van der Waals surface area (Å²) < 4.78 is 103. The molecule has 0 aliphatic carbocycles. The Bertz CT molecular complexity index is 1270. The molecule has 2 aromatic carbocycles. The highest BCUT2D eigenvalue weighted by atomic mass is 32.2. The highest BCUT2D eigenvalue weighted by Gasteiger charge is 2.49. The van der Waals surface area contributed by atoms with Crippen LogP contribution in [0, 0.1) is 6.92 Å². The number of amides is 1. The second-order valence-corrected chi connectivity index (χ2v) is 8.70. The number of benzene rings is 2. The number of nitrogens with one attached hydrogen (secondary N) is 1. The van der Waals surface area contributed by atoms with Gasteiger partial charge in [-0.1, -0.05) is 6.07 Å². The van der Waals surface area contributed by atoms with E-state index in [1.165, 1.54) is 5.32 Å². The van der Waals surface area contributed by atoms with E-state index in [9.17, 15) is 39.6 Å². The van der Waals surface area contributed by atoms with Gasteiger partial charge in [0.1, 0.15) is 5.01 Å². The molecule has 0 atom stereocenters. The Morgan fingerprint density at radius 1 is 1.06 bits per heavy atom. The first-order chi connectivity index (χ1) is 14.2. The number of rotatable bonds is 4. The number of nitrogens with zero attached hydrogens (tertiary/aromatic N) is 1. The van der Waals surface area contributed by atoms with Gasteiger partial charge in [0.2, 0.25) is 0 Å². The van der Waals surface area contributed by atoms with Gasteiger partial charge in [-0.25, -0.2) is 4.98 Å². The molecule has 3 aromatic rings. The SMILES string of the molecule is Cc1ccc2nc(-c3ccc(NC(=O)C(F)(F)F)c(OS(=O)(=O)C(F)(F)F)c3)sc2c1. The van der Waals surface area contributed by atoms with Gasteiger partial charge in [0.05, 0.1) is 15.9 Å². The molecule has 0 bridgehead atoms. The molecule has 0 aliphatic rings. The highest BCUT2D eigenvalue weighted by Crippen LogP contribution is 2.38. The molecular formula is C17H10F6N2O4S2. The summed E-state index contributed by atoms with van der Waals surface area (Å²) in [5.41, 5.74) is -5.24. The molecular weight excluding hydrogens is 474 g/mol. The Balaban J connectivity index is 2.09. The summed E-state index contributed by atoms with van der Waals surface area (Å²) in [6.45, 7) is 1.82. The summed E-state index contributed by atoms with van der Waals surface area (Å²) in [6, 6.07) is 7.95. The summed E-state index contributed by atoms with van der Waals surface area (Å²) >= 11 is 1.12. The molecule has 3 rings (SSSR count). The molecule has 6 nitrogen and oxygen atoms in total. The molecule has 1 N–H and O–H groups in total. The number of anilines is 1. The molecule has 166 valence electrons. The van der Waals surface area contributed by atoms with Crippen molar-refractivity contribution in [2.75, 3.05) is 5.32 Å². The van der Waals surface area contributed by atoms with Crippen LogP contribution in [0.4, 0.5) is 32.0 Å². The van der Waals surface area contributed by atoms with Gasteiger partial charge >= 0.3 is 27.7 Å². The van der Waals surface area contributed by atoms with Crippen LogP contribution in [0.25, 0.3) is 20.8 Å². The fourth-order valence-corrected chi connectivity index (χ4v) is 3.87. The van der Waals surface area contributed by atoms with Gasteiger partial charge in [0.15, 0.2) is 5.75 Å². The smallest absolute Gasteiger partial charge is 0.374 e. The number of alkyl halides is 6. The van der Waals surface area contributed by atoms with Crippen LogP contribution in [0.5, 0.6) is 5.75 Å². The molecule has 0 saturated heterocycles. The Morgan fingerprint density at radius 3 is 2.35 bits per heavy atom. The van der Waals surface area contributed by atoms with E-state index in [1.54, 1.807) is 18.2 Å². The largest absolute Gasteiger partial charge is 0.534 e. The van der Waals surface area contributed by atoms with Gasteiger partial charge in [0.25, 0.3) is 0 Å². The van der Waals surface area contributed by atoms with Crippen LogP contribution in [0.15, 0.2) is 36.4 Å². The van der Waals surface area contributed by atoms with Crippen molar-refractivity contribution in [1.29, 1.82) is 0 Å². The third kappa shape index (κ3) is 4.90. The minimum absolute atomic E-state index is 0.0660. The van der Waals surface area contributed by atoms with Crippen molar-refractivity contribution in [3.8, 4) is 16.3 Å². The second kappa shape index (κ2) is 7.67. The van der Waals surface area contributed by atoms with Crippen molar-refractivity contribution in [3.05, 3.63) is 42.0 Å². The number of hydrogen-bond donors (Lipinski definition) is 1.